The zero-order valence-electron chi connectivity index (χ0n) is 15.8. The van der Waals surface area contributed by atoms with Crippen LogP contribution in [0.5, 0.6) is 0 Å². The summed E-state index contributed by atoms with van der Waals surface area (Å²) < 4.78 is 27.0. The van der Waals surface area contributed by atoms with Crippen LogP contribution in [-0.2, 0) is 9.59 Å². The molecule has 2 atom stereocenters. The Morgan fingerprint density at radius 2 is 1.21 bits per heavy atom. The lowest BCUT2D eigenvalue weighted by Crippen LogP contribution is -2.33. The van der Waals surface area contributed by atoms with Gasteiger partial charge in [0.15, 0.2) is 0 Å². The molecular weight excluding hydrogens is 398 g/mol. The molecule has 6 nitrogen and oxygen atoms in total. The first-order chi connectivity index (χ1) is 13.9. The Morgan fingerprint density at radius 1 is 0.828 bits per heavy atom. The number of carbonyl (C=O) groups is 2. The summed E-state index contributed by atoms with van der Waals surface area (Å²) in [7, 11) is 0. The molecule has 2 rings (SSSR count). The van der Waals surface area contributed by atoms with Crippen molar-refractivity contribution in [2.75, 3.05) is 0 Å². The Kier molecular flexibility index (Phi) is 8.47. The highest BCUT2D eigenvalue weighted by Gasteiger charge is 2.21. The molecule has 0 aliphatic rings. The van der Waals surface area contributed by atoms with E-state index in [1.165, 1.54) is 36.7 Å². The number of hydrazone groups is 2. The highest BCUT2D eigenvalue weighted by Crippen LogP contribution is 2.17. The number of benzene rings is 2. The van der Waals surface area contributed by atoms with Gasteiger partial charge in [-0.05, 0) is 26.0 Å². The van der Waals surface area contributed by atoms with Crippen LogP contribution in [0.4, 0.5) is 8.78 Å². The molecule has 0 fully saturated rings. The number of amides is 2. The number of nitrogens with one attached hydrogen (secondary N) is 2. The second-order valence-corrected chi connectivity index (χ2v) is 7.62. The molecule has 2 unspecified atom stereocenters. The van der Waals surface area contributed by atoms with Crippen molar-refractivity contribution >= 4 is 36.0 Å². The Morgan fingerprint density at radius 3 is 1.59 bits per heavy atom. The highest BCUT2D eigenvalue weighted by molar-refractivity contribution is 8.01. The lowest BCUT2D eigenvalue weighted by molar-refractivity contribution is -0.120. The number of carbonyl (C=O) groups excluding carboxylic acids is 2. The van der Waals surface area contributed by atoms with Crippen LogP contribution in [0.25, 0.3) is 0 Å². The van der Waals surface area contributed by atoms with Crippen molar-refractivity contribution in [1.82, 2.24) is 10.9 Å². The van der Waals surface area contributed by atoms with Gasteiger partial charge in [0.05, 0.1) is 22.9 Å². The smallest absolute Gasteiger partial charge is 0.252 e. The molecule has 0 saturated heterocycles. The number of hydrogen-bond donors (Lipinski definition) is 2. The van der Waals surface area contributed by atoms with E-state index in [1.54, 1.807) is 38.1 Å². The van der Waals surface area contributed by atoms with Gasteiger partial charge in [-0.1, -0.05) is 36.4 Å². The molecule has 0 radical (unpaired) electrons. The molecule has 2 aromatic rings. The van der Waals surface area contributed by atoms with E-state index in [0.717, 1.165) is 11.8 Å². The van der Waals surface area contributed by atoms with E-state index in [-0.39, 0.29) is 11.1 Å². The highest BCUT2D eigenvalue weighted by atomic mass is 32.2. The molecule has 0 bridgehead atoms. The van der Waals surface area contributed by atoms with Crippen LogP contribution in [0.2, 0.25) is 0 Å². The van der Waals surface area contributed by atoms with Crippen LogP contribution in [-0.4, -0.2) is 34.7 Å². The van der Waals surface area contributed by atoms with E-state index in [1.807, 2.05) is 0 Å². The monoisotopic (exact) mass is 418 g/mol. The molecule has 2 aromatic carbocycles. The van der Waals surface area contributed by atoms with Crippen molar-refractivity contribution in [3.8, 4) is 0 Å². The Balaban J connectivity index is 1.80. The molecule has 9 heteroatoms. The van der Waals surface area contributed by atoms with Crippen LogP contribution < -0.4 is 10.9 Å². The molecule has 0 aromatic heterocycles. The third-order valence-corrected chi connectivity index (χ3v) is 4.96. The summed E-state index contributed by atoms with van der Waals surface area (Å²) in [5, 5.41) is 6.27. The van der Waals surface area contributed by atoms with Crippen LogP contribution in [0, 0.1) is 11.6 Å². The summed E-state index contributed by atoms with van der Waals surface area (Å²) in [6.45, 7) is 3.23. The second-order valence-electron chi connectivity index (χ2n) is 5.93. The minimum absolute atomic E-state index is 0.244. The van der Waals surface area contributed by atoms with Gasteiger partial charge < -0.3 is 0 Å². The summed E-state index contributed by atoms with van der Waals surface area (Å²) >= 11 is 1.09. The Bertz CT molecular complexity index is 847. The van der Waals surface area contributed by atoms with Gasteiger partial charge in [0.2, 0.25) is 0 Å². The zero-order valence-corrected chi connectivity index (χ0v) is 16.6. The summed E-state index contributed by atoms with van der Waals surface area (Å²) in [4.78, 5) is 24.1. The first-order valence-electron chi connectivity index (χ1n) is 8.69. The maximum absolute atomic E-state index is 13.5. The SMILES string of the molecule is CC(SC(C)C(=O)N/N=C/c1ccccc1F)C(=O)N/N=C/c1ccccc1F. The van der Waals surface area contributed by atoms with Gasteiger partial charge in [-0.25, -0.2) is 19.6 Å². The summed E-state index contributed by atoms with van der Waals surface area (Å²) in [6.07, 6.45) is 2.41. The topological polar surface area (TPSA) is 82.9 Å². The van der Waals surface area contributed by atoms with Gasteiger partial charge in [-0.2, -0.15) is 10.2 Å². The molecule has 0 heterocycles. The molecule has 0 saturated carbocycles. The van der Waals surface area contributed by atoms with Gasteiger partial charge in [0.1, 0.15) is 11.6 Å². The maximum atomic E-state index is 13.5. The third-order valence-electron chi connectivity index (χ3n) is 3.71. The Hall–Kier alpha value is -3.07. The van der Waals surface area contributed by atoms with Crippen molar-refractivity contribution in [2.24, 2.45) is 10.2 Å². The van der Waals surface area contributed by atoms with E-state index in [0.29, 0.717) is 0 Å². The van der Waals surface area contributed by atoms with Crippen LogP contribution in [0.15, 0.2) is 58.7 Å². The molecular formula is C20H20F2N4O2S. The summed E-state index contributed by atoms with van der Waals surface area (Å²) in [6, 6.07) is 12.0. The minimum atomic E-state index is -0.593. The fourth-order valence-electron chi connectivity index (χ4n) is 2.10. The summed E-state index contributed by atoms with van der Waals surface area (Å²) in [5.41, 5.74) is 5.11. The molecule has 2 N–H and O–H groups in total. The second kappa shape index (κ2) is 11.1. The van der Waals surface area contributed by atoms with Crippen LogP contribution in [0.1, 0.15) is 25.0 Å². The molecule has 0 aliphatic heterocycles. The molecule has 2 amide bonds. The zero-order chi connectivity index (χ0) is 21.2. The third kappa shape index (κ3) is 7.11. The van der Waals surface area contributed by atoms with Gasteiger partial charge in [0.25, 0.3) is 11.8 Å². The fraction of sp³-hybridized carbons (Fsp3) is 0.200. The van der Waals surface area contributed by atoms with E-state index in [4.69, 9.17) is 0 Å². The molecule has 29 heavy (non-hydrogen) atoms. The van der Waals surface area contributed by atoms with Crippen molar-refractivity contribution < 1.29 is 18.4 Å². The number of thioether (sulfide) groups is 1. The minimum Gasteiger partial charge on any atom is -0.272 e. The predicted molar refractivity (Wildman–Crippen MR) is 111 cm³/mol. The van der Waals surface area contributed by atoms with Crippen LogP contribution in [0.3, 0.4) is 0 Å². The van der Waals surface area contributed by atoms with Gasteiger partial charge in [0, 0.05) is 11.1 Å². The molecule has 0 aliphatic carbocycles. The summed E-state index contributed by atoms with van der Waals surface area (Å²) in [5.74, 6) is -1.77. The van der Waals surface area contributed by atoms with Crippen molar-refractivity contribution in [3.63, 3.8) is 0 Å². The largest absolute Gasteiger partial charge is 0.272 e. The first-order valence-corrected chi connectivity index (χ1v) is 9.63. The van der Waals surface area contributed by atoms with Gasteiger partial charge in [-0.3, -0.25) is 9.59 Å². The first kappa shape index (κ1) is 22.2. The van der Waals surface area contributed by atoms with Crippen LogP contribution >= 0.6 is 11.8 Å². The normalized spacial score (nSPS) is 13.4. The average Bonchev–Trinajstić information content (AvgIpc) is 2.70. The fourth-order valence-corrected chi connectivity index (χ4v) is 3.07. The number of hydrogen-bond acceptors (Lipinski definition) is 5. The van der Waals surface area contributed by atoms with Gasteiger partial charge in [-0.15, -0.1) is 11.8 Å². The number of rotatable bonds is 8. The molecule has 0 spiro atoms. The Labute approximate surface area is 171 Å². The van der Waals surface area contributed by atoms with Crippen molar-refractivity contribution in [3.05, 3.63) is 71.3 Å². The standard InChI is InChI=1S/C20H20F2N4O2S/c1-13(19(27)25-23-11-15-7-3-5-9-17(15)21)29-14(2)20(28)26-24-12-16-8-4-6-10-18(16)22/h3-14H,1-2H3,(H,25,27)(H,26,28)/b23-11+,24-12+. The van der Waals surface area contributed by atoms with Crippen molar-refractivity contribution in [2.45, 2.75) is 24.3 Å². The van der Waals surface area contributed by atoms with Gasteiger partial charge >= 0.3 is 0 Å². The number of halogens is 2. The maximum Gasteiger partial charge on any atom is 0.252 e. The predicted octanol–water partition coefficient (Wildman–Crippen LogP) is 3.08. The quantitative estimate of drug-likeness (QED) is 0.511. The lowest BCUT2D eigenvalue weighted by atomic mass is 10.2. The van der Waals surface area contributed by atoms with E-state index >= 15 is 0 Å². The number of nitrogens with zero attached hydrogens (tertiary/aromatic N) is 2. The molecule has 152 valence electrons. The van der Waals surface area contributed by atoms with Crippen molar-refractivity contribution in [1.29, 1.82) is 0 Å². The lowest BCUT2D eigenvalue weighted by Gasteiger charge is -2.14. The van der Waals surface area contributed by atoms with E-state index in [2.05, 4.69) is 21.1 Å². The van der Waals surface area contributed by atoms with E-state index in [9.17, 15) is 18.4 Å². The van der Waals surface area contributed by atoms with E-state index < -0.39 is 33.9 Å². The average molecular weight is 418 g/mol.